The van der Waals surface area contributed by atoms with Gasteiger partial charge in [0.2, 0.25) is 0 Å². The van der Waals surface area contributed by atoms with Gasteiger partial charge >= 0.3 is 48.4 Å². The van der Waals surface area contributed by atoms with Gasteiger partial charge in [-0.05, 0) is 0 Å². The van der Waals surface area contributed by atoms with Crippen LogP contribution in [0.2, 0.25) is 37.9 Å². The van der Waals surface area contributed by atoms with Crippen molar-refractivity contribution in [3.8, 4) is 0 Å². The summed E-state index contributed by atoms with van der Waals surface area (Å²) in [5.74, 6) is 0. The molecule has 0 heterocycles. The van der Waals surface area contributed by atoms with E-state index >= 15 is 0 Å². The molecule has 0 aromatic carbocycles. The first-order valence-corrected chi connectivity index (χ1v) is 6.69. The van der Waals surface area contributed by atoms with Gasteiger partial charge in [0, 0.05) is 0 Å². The van der Waals surface area contributed by atoms with E-state index in [9.17, 15) is 0 Å². The normalized spacial score (nSPS) is 7.88. The van der Waals surface area contributed by atoms with Crippen LogP contribution in [0.5, 0.6) is 0 Å². The second-order valence-electron chi connectivity index (χ2n) is 4.18. The zero-order valence-corrected chi connectivity index (χ0v) is 11.4. The van der Waals surface area contributed by atoms with Gasteiger partial charge in [0.05, 0.1) is 0 Å². The minimum atomic E-state index is 0. The average Bonchev–Trinajstić information content (AvgIpc) is 2.24. The average molecular weight is 228 g/mol. The van der Waals surface area contributed by atoms with Crippen LogP contribution < -0.4 is 0 Å². The fraction of sp³-hybridized carbons (Fsp3) is 1.00. The van der Waals surface area contributed by atoms with E-state index in [1.165, 1.54) is 37.9 Å². The monoisotopic (exact) mass is 228 g/mol. The van der Waals surface area contributed by atoms with Crippen molar-refractivity contribution in [3.63, 3.8) is 0 Å². The van der Waals surface area contributed by atoms with E-state index in [0.29, 0.717) is 0 Å². The quantitative estimate of drug-likeness (QED) is 0.606. The number of rotatable bonds is 6. The first kappa shape index (κ1) is 26.3. The van der Waals surface area contributed by atoms with Crippen molar-refractivity contribution in [3.05, 3.63) is 0 Å². The van der Waals surface area contributed by atoms with E-state index in [2.05, 4.69) is 41.5 Å². The van der Waals surface area contributed by atoms with Crippen molar-refractivity contribution >= 4 is 61.8 Å². The van der Waals surface area contributed by atoms with E-state index in [1.54, 1.807) is 0 Å². The standard InChI is InChI=1S/2C6H15B.Li.Na.2H/c2*1-4-7(5-2)6-3;;;;/h2*4-6H2,1-3H3;;;;. The van der Waals surface area contributed by atoms with Gasteiger partial charge < -0.3 is 0 Å². The Kier molecular flexibility index (Phi) is 36.1. The molecule has 0 nitrogen and oxygen atoms in total. The van der Waals surface area contributed by atoms with Crippen LogP contribution in [0.25, 0.3) is 0 Å². The van der Waals surface area contributed by atoms with Crippen LogP contribution in [-0.4, -0.2) is 61.8 Å². The summed E-state index contributed by atoms with van der Waals surface area (Å²) >= 11 is 0. The Morgan fingerprint density at radius 3 is 0.625 bits per heavy atom. The second-order valence-corrected chi connectivity index (χ2v) is 4.18. The zero-order chi connectivity index (χ0) is 11.4. The maximum absolute atomic E-state index is 2.26. The second kappa shape index (κ2) is 22.0. The summed E-state index contributed by atoms with van der Waals surface area (Å²) in [7, 11) is 0. The molecule has 0 amide bonds. The van der Waals surface area contributed by atoms with Gasteiger partial charge in [-0.2, -0.15) is 0 Å². The Bertz CT molecular complexity index is 74.0. The van der Waals surface area contributed by atoms with Crippen molar-refractivity contribution in [2.24, 2.45) is 0 Å². The van der Waals surface area contributed by atoms with Crippen molar-refractivity contribution in [1.82, 2.24) is 0 Å². The molecule has 0 fully saturated rings. The molecule has 0 aromatic heterocycles. The van der Waals surface area contributed by atoms with Crippen LogP contribution in [0.3, 0.4) is 0 Å². The van der Waals surface area contributed by atoms with Crippen molar-refractivity contribution in [2.75, 3.05) is 0 Å². The fourth-order valence-corrected chi connectivity index (χ4v) is 1.73. The third-order valence-corrected chi connectivity index (χ3v) is 3.46. The predicted octanol–water partition coefficient (Wildman–Crippen LogP) is 3.78. The van der Waals surface area contributed by atoms with E-state index in [4.69, 9.17) is 0 Å². The summed E-state index contributed by atoms with van der Waals surface area (Å²) in [6, 6.07) is 0. The molecule has 0 aliphatic carbocycles. The Labute approximate surface area is 140 Å². The van der Waals surface area contributed by atoms with Crippen LogP contribution in [0.4, 0.5) is 0 Å². The summed E-state index contributed by atoms with van der Waals surface area (Å²) in [5, 5.41) is 0. The summed E-state index contributed by atoms with van der Waals surface area (Å²) in [5.41, 5.74) is 0. The van der Waals surface area contributed by atoms with Crippen LogP contribution in [0.15, 0.2) is 0 Å². The predicted molar refractivity (Wildman–Crippen MR) is 88.7 cm³/mol. The summed E-state index contributed by atoms with van der Waals surface area (Å²) in [6.45, 7) is 15.5. The first-order valence-electron chi connectivity index (χ1n) is 6.69. The van der Waals surface area contributed by atoms with Crippen molar-refractivity contribution in [1.29, 1.82) is 0 Å². The minimum absolute atomic E-state index is 0. The van der Waals surface area contributed by atoms with E-state index < -0.39 is 0 Å². The summed E-state index contributed by atoms with van der Waals surface area (Å²) in [6.07, 6.45) is 8.12. The molecule has 0 spiro atoms. The molecule has 0 aromatic rings. The Balaban J connectivity index is -0.0000000800. The molecule has 0 aliphatic rings. The van der Waals surface area contributed by atoms with Crippen molar-refractivity contribution < 1.29 is 0 Å². The van der Waals surface area contributed by atoms with E-state index in [-0.39, 0.29) is 48.4 Å². The molecule has 4 heteroatoms. The summed E-state index contributed by atoms with van der Waals surface area (Å²) in [4.78, 5) is 0. The SMILES string of the molecule is CCB(CC)CC.CCB(CC)CC.[LiH].[NaH]. The van der Waals surface area contributed by atoms with Gasteiger partial charge in [0.25, 0.3) is 0 Å². The Hall–Kier alpha value is 1.73. The van der Waals surface area contributed by atoms with Gasteiger partial charge in [-0.25, -0.2) is 0 Å². The first-order chi connectivity index (χ1) is 6.69. The molecule has 0 aliphatic heterocycles. The molecule has 88 valence electrons. The third kappa shape index (κ3) is 18.1. The Morgan fingerprint density at radius 1 is 0.500 bits per heavy atom. The molecule has 0 saturated heterocycles. The van der Waals surface area contributed by atoms with E-state index in [0.717, 1.165) is 13.4 Å². The molecule has 0 rings (SSSR count). The molecular weight excluding hydrogens is 196 g/mol. The Morgan fingerprint density at radius 2 is 0.625 bits per heavy atom. The molecule has 0 saturated carbocycles. The van der Waals surface area contributed by atoms with Gasteiger partial charge in [0.15, 0.2) is 0 Å². The van der Waals surface area contributed by atoms with Crippen molar-refractivity contribution in [2.45, 2.75) is 79.5 Å². The van der Waals surface area contributed by atoms with Gasteiger partial charge in [-0.15, -0.1) is 0 Å². The molecule has 0 N–H and O–H groups in total. The molecule has 0 radical (unpaired) electrons. The number of hydrogen-bond donors (Lipinski definition) is 0. The molecule has 0 bridgehead atoms. The molecule has 16 heavy (non-hydrogen) atoms. The zero-order valence-electron chi connectivity index (χ0n) is 11.4. The molecular formula is C12H32B2LiNa. The molecule has 0 atom stereocenters. The number of hydrogen-bond acceptors (Lipinski definition) is 0. The van der Waals surface area contributed by atoms with Gasteiger partial charge in [-0.3, -0.25) is 0 Å². The fourth-order valence-electron chi connectivity index (χ4n) is 1.73. The van der Waals surface area contributed by atoms with Gasteiger partial charge in [0.1, 0.15) is 13.4 Å². The van der Waals surface area contributed by atoms with E-state index in [1.807, 2.05) is 0 Å². The maximum atomic E-state index is 2.26. The summed E-state index contributed by atoms with van der Waals surface area (Å²) < 4.78 is 0. The van der Waals surface area contributed by atoms with Crippen LogP contribution in [0, 0.1) is 0 Å². The third-order valence-electron chi connectivity index (χ3n) is 3.46. The van der Waals surface area contributed by atoms with Crippen LogP contribution in [-0.2, 0) is 0 Å². The molecule has 0 unspecified atom stereocenters. The van der Waals surface area contributed by atoms with Crippen LogP contribution in [0.1, 0.15) is 41.5 Å². The van der Waals surface area contributed by atoms with Gasteiger partial charge in [-0.1, -0.05) is 79.5 Å². The topological polar surface area (TPSA) is 0 Å². The van der Waals surface area contributed by atoms with Crippen LogP contribution >= 0.6 is 0 Å².